The molecule has 226 valence electrons. The van der Waals surface area contributed by atoms with Crippen LogP contribution in [0, 0.1) is 40.4 Å². The maximum absolute atomic E-state index is 12.7. The number of ether oxygens (including phenoxy) is 4. The smallest absolute Gasteiger partial charge is 0.167 e. The summed E-state index contributed by atoms with van der Waals surface area (Å²) in [7, 11) is 3.57. The molecular weight excluding hydrogens is 488 g/mol. The summed E-state index contributed by atoms with van der Waals surface area (Å²) in [5.74, 6) is 2.53. The molecule has 5 fully saturated rings. The first-order valence-electron chi connectivity index (χ1n) is 16.8. The van der Waals surface area contributed by atoms with Crippen molar-refractivity contribution < 1.29 is 24.1 Å². The summed E-state index contributed by atoms with van der Waals surface area (Å²) in [6.45, 7) is 8.83. The van der Waals surface area contributed by atoms with Crippen LogP contribution in [0.4, 0.5) is 0 Å². The van der Waals surface area contributed by atoms with E-state index >= 15 is 0 Å². The van der Waals surface area contributed by atoms with E-state index in [0.29, 0.717) is 30.5 Å². The van der Waals surface area contributed by atoms with Crippen molar-refractivity contribution in [2.75, 3.05) is 27.4 Å². The Balaban J connectivity index is 1.35. The van der Waals surface area contributed by atoms with E-state index in [0.717, 1.165) is 50.4 Å². The van der Waals surface area contributed by atoms with Crippen molar-refractivity contribution in [2.45, 2.75) is 148 Å². The molecule has 1 saturated heterocycles. The number of hydrogen-bond donors (Lipinski definition) is 1. The van der Waals surface area contributed by atoms with Gasteiger partial charge in [-0.1, -0.05) is 59.3 Å². The zero-order chi connectivity index (χ0) is 27.7. The summed E-state index contributed by atoms with van der Waals surface area (Å²) < 4.78 is 23.7. The highest BCUT2D eigenvalue weighted by Gasteiger charge is 2.66. The van der Waals surface area contributed by atoms with Crippen LogP contribution in [0.25, 0.3) is 0 Å². The molecule has 0 spiro atoms. The molecule has 5 aliphatic rings. The molecule has 0 bridgehead atoms. The van der Waals surface area contributed by atoms with Crippen molar-refractivity contribution in [2.24, 2.45) is 40.4 Å². The molecule has 5 heteroatoms. The molecule has 1 aliphatic heterocycles. The lowest BCUT2D eigenvalue weighted by Gasteiger charge is -2.66. The van der Waals surface area contributed by atoms with E-state index in [-0.39, 0.29) is 17.6 Å². The van der Waals surface area contributed by atoms with Gasteiger partial charge in [0.25, 0.3) is 0 Å². The average Bonchev–Trinajstić information content (AvgIpc) is 3.58. The van der Waals surface area contributed by atoms with Gasteiger partial charge in [0, 0.05) is 33.5 Å². The summed E-state index contributed by atoms with van der Waals surface area (Å²) in [5.41, 5.74) is -0.165. The van der Waals surface area contributed by atoms with Crippen LogP contribution in [0.5, 0.6) is 0 Å². The third-order valence-electron chi connectivity index (χ3n) is 13.2. The van der Waals surface area contributed by atoms with Crippen molar-refractivity contribution in [1.29, 1.82) is 0 Å². The second kappa shape index (κ2) is 12.2. The van der Waals surface area contributed by atoms with Gasteiger partial charge in [0.1, 0.15) is 0 Å². The van der Waals surface area contributed by atoms with Crippen LogP contribution in [0.15, 0.2) is 0 Å². The quantitative estimate of drug-likeness (QED) is 0.199. The van der Waals surface area contributed by atoms with E-state index in [9.17, 15) is 5.11 Å². The summed E-state index contributed by atoms with van der Waals surface area (Å²) >= 11 is 0. The first-order chi connectivity index (χ1) is 18.7. The lowest BCUT2D eigenvalue weighted by atomic mass is 9.41. The summed E-state index contributed by atoms with van der Waals surface area (Å²) in [6.07, 6.45) is 20.3. The van der Waals surface area contributed by atoms with Gasteiger partial charge in [0.05, 0.1) is 18.8 Å². The van der Waals surface area contributed by atoms with Crippen LogP contribution in [-0.2, 0) is 18.9 Å². The number of fused-ring (bicyclic) bond motifs is 5. The Morgan fingerprint density at radius 1 is 0.769 bits per heavy atom. The van der Waals surface area contributed by atoms with E-state index in [1.54, 1.807) is 14.2 Å². The van der Waals surface area contributed by atoms with Gasteiger partial charge in [0.2, 0.25) is 0 Å². The summed E-state index contributed by atoms with van der Waals surface area (Å²) in [4.78, 5) is 0. The van der Waals surface area contributed by atoms with E-state index in [2.05, 4.69) is 20.8 Å². The van der Waals surface area contributed by atoms with E-state index in [4.69, 9.17) is 18.9 Å². The van der Waals surface area contributed by atoms with Gasteiger partial charge in [-0.05, 0) is 91.8 Å². The third kappa shape index (κ3) is 5.63. The van der Waals surface area contributed by atoms with Crippen molar-refractivity contribution in [3.05, 3.63) is 0 Å². The van der Waals surface area contributed by atoms with Crippen molar-refractivity contribution in [1.82, 2.24) is 0 Å². The van der Waals surface area contributed by atoms with Gasteiger partial charge in [-0.2, -0.15) is 0 Å². The number of unbranched alkanes of at least 4 members (excludes halogenated alkanes) is 5. The predicted molar refractivity (Wildman–Crippen MR) is 155 cm³/mol. The zero-order valence-corrected chi connectivity index (χ0v) is 26.0. The Labute approximate surface area is 239 Å². The highest BCUT2D eigenvalue weighted by atomic mass is 16.7. The van der Waals surface area contributed by atoms with Gasteiger partial charge < -0.3 is 24.1 Å². The molecule has 1 N–H and O–H groups in total. The maximum Gasteiger partial charge on any atom is 0.167 e. The molecular formula is C34H60O5. The first-order valence-corrected chi connectivity index (χ1v) is 16.8. The minimum absolute atomic E-state index is 0.119. The van der Waals surface area contributed by atoms with Crippen LogP contribution in [0.3, 0.4) is 0 Å². The van der Waals surface area contributed by atoms with Crippen LogP contribution in [-0.4, -0.2) is 50.2 Å². The fraction of sp³-hybridized carbons (Fsp3) is 1.00. The average molecular weight is 549 g/mol. The van der Waals surface area contributed by atoms with Crippen LogP contribution in [0.2, 0.25) is 0 Å². The predicted octanol–water partition coefficient (Wildman–Crippen LogP) is 7.88. The molecule has 8 atom stereocenters. The minimum atomic E-state index is -0.733. The van der Waals surface area contributed by atoms with Crippen molar-refractivity contribution >= 4 is 0 Å². The SMILES string of the molecule is CCCCCCCC[C@H]1CC[C@H]2[C@@H]3C[C@](O)(CCC4OCCO4)[C@H]4CC(OC)(OC)CC[C@]4(C)[C@H]3CC[C@]12C. The molecule has 0 unspecified atom stereocenters. The Morgan fingerprint density at radius 2 is 1.46 bits per heavy atom. The molecule has 0 amide bonds. The zero-order valence-electron chi connectivity index (χ0n) is 26.0. The van der Waals surface area contributed by atoms with Crippen molar-refractivity contribution in [3.8, 4) is 0 Å². The Kier molecular flexibility index (Phi) is 9.46. The van der Waals surface area contributed by atoms with Gasteiger partial charge in [-0.15, -0.1) is 0 Å². The van der Waals surface area contributed by atoms with Crippen LogP contribution >= 0.6 is 0 Å². The Hall–Kier alpha value is -0.200. The first kappa shape index (κ1) is 30.3. The molecule has 39 heavy (non-hydrogen) atoms. The molecule has 4 aliphatic carbocycles. The van der Waals surface area contributed by atoms with Gasteiger partial charge in [-0.25, -0.2) is 0 Å². The fourth-order valence-corrected chi connectivity index (χ4v) is 10.9. The Morgan fingerprint density at radius 3 is 2.18 bits per heavy atom. The number of hydrogen-bond acceptors (Lipinski definition) is 5. The number of rotatable bonds is 12. The molecule has 5 rings (SSSR count). The van der Waals surface area contributed by atoms with Crippen LogP contribution < -0.4 is 0 Å². The topological polar surface area (TPSA) is 57.2 Å². The number of aliphatic hydroxyl groups is 1. The Bertz CT molecular complexity index is 792. The van der Waals surface area contributed by atoms with E-state index in [1.165, 1.54) is 70.6 Å². The molecule has 0 radical (unpaired) electrons. The molecule has 4 saturated carbocycles. The monoisotopic (exact) mass is 548 g/mol. The maximum atomic E-state index is 12.7. The molecule has 1 heterocycles. The van der Waals surface area contributed by atoms with E-state index < -0.39 is 11.4 Å². The standard InChI is InChI=1S/C34H60O5/c1-6-7-8-9-10-11-12-25-13-14-27-26-23-33(35,18-16-30-38-21-22-39-30)29-24-34(36-4,37-5)20-19-32(29,3)28(26)15-17-31(25,27)2/h25-30,35H,6-24H2,1-5H3/t25-,26-,27-,28-,29-,31+,32+,33+/m0/s1. The second-order valence-corrected chi connectivity index (χ2v) is 14.9. The lowest BCUT2D eigenvalue weighted by molar-refractivity contribution is -0.293. The van der Waals surface area contributed by atoms with Crippen LogP contribution in [0.1, 0.15) is 130 Å². The largest absolute Gasteiger partial charge is 0.390 e. The van der Waals surface area contributed by atoms with Gasteiger partial charge >= 0.3 is 0 Å². The molecule has 0 aromatic carbocycles. The molecule has 5 nitrogen and oxygen atoms in total. The van der Waals surface area contributed by atoms with Crippen molar-refractivity contribution in [3.63, 3.8) is 0 Å². The van der Waals surface area contributed by atoms with E-state index in [1.807, 2.05) is 0 Å². The third-order valence-corrected chi connectivity index (χ3v) is 13.2. The van der Waals surface area contributed by atoms with Gasteiger partial charge in [0.15, 0.2) is 12.1 Å². The molecule has 0 aromatic heterocycles. The summed E-state index contributed by atoms with van der Waals surface area (Å²) in [6, 6.07) is 0. The van der Waals surface area contributed by atoms with Gasteiger partial charge in [-0.3, -0.25) is 0 Å². The highest BCUT2D eigenvalue weighted by molar-refractivity contribution is 5.15. The lowest BCUT2D eigenvalue weighted by Crippen LogP contribution is -2.65. The fourth-order valence-electron chi connectivity index (χ4n) is 10.9. The number of methoxy groups -OCH3 is 2. The second-order valence-electron chi connectivity index (χ2n) is 14.9. The normalized spacial score (nSPS) is 43.7. The summed E-state index contributed by atoms with van der Waals surface area (Å²) in [5, 5.41) is 12.7. The highest BCUT2D eigenvalue weighted by Crippen LogP contribution is 2.70. The minimum Gasteiger partial charge on any atom is -0.390 e. The molecule has 0 aromatic rings.